The Kier molecular flexibility index (Phi) is 13.5. The molecule has 0 bridgehead atoms. The SMILES string of the molecule is OC[C@H]1O[C@@H](OCC(OCc2ccccc2)C(OCc2ccccc2)C(COCc2ccc3ccccc3c2)OCc2ccccc2)CC1O. The van der Waals surface area contributed by atoms with Gasteiger partial charge in [0.15, 0.2) is 6.29 Å². The molecule has 1 aliphatic heterocycles. The summed E-state index contributed by atoms with van der Waals surface area (Å²) < 4.78 is 38.4. The van der Waals surface area contributed by atoms with Crippen molar-refractivity contribution in [1.82, 2.24) is 0 Å². The molecule has 0 saturated carbocycles. The fraction of sp³-hybridized carbons (Fsp3) is 0.333. The lowest BCUT2D eigenvalue weighted by atomic mass is 10.1. The minimum Gasteiger partial charge on any atom is -0.394 e. The van der Waals surface area contributed by atoms with Crippen LogP contribution in [-0.2, 0) is 54.8 Å². The van der Waals surface area contributed by atoms with E-state index in [0.717, 1.165) is 27.6 Å². The van der Waals surface area contributed by atoms with E-state index in [1.807, 2.05) is 103 Å². The van der Waals surface area contributed by atoms with Gasteiger partial charge in [-0.25, -0.2) is 0 Å². The topological polar surface area (TPSA) is 95.8 Å². The Morgan fingerprint density at radius 2 is 1.12 bits per heavy atom. The van der Waals surface area contributed by atoms with Crippen molar-refractivity contribution in [1.29, 1.82) is 0 Å². The third-order valence-electron chi connectivity index (χ3n) is 8.81. The van der Waals surface area contributed by atoms with Crippen molar-refractivity contribution in [2.24, 2.45) is 0 Å². The molecule has 0 aromatic heterocycles. The lowest BCUT2D eigenvalue weighted by Crippen LogP contribution is -2.47. The molecule has 2 N–H and O–H groups in total. The highest BCUT2D eigenvalue weighted by Crippen LogP contribution is 2.25. The normalized spacial score (nSPS) is 19.4. The molecule has 8 nitrogen and oxygen atoms in total. The van der Waals surface area contributed by atoms with Crippen molar-refractivity contribution in [3.8, 4) is 0 Å². The van der Waals surface area contributed by atoms with Gasteiger partial charge in [-0.3, -0.25) is 0 Å². The molecule has 0 amide bonds. The minimum absolute atomic E-state index is 0.0949. The van der Waals surface area contributed by atoms with Crippen LogP contribution in [0.4, 0.5) is 0 Å². The summed E-state index contributed by atoms with van der Waals surface area (Å²) in [5, 5.41) is 22.3. The quantitative estimate of drug-likeness (QED) is 0.101. The summed E-state index contributed by atoms with van der Waals surface area (Å²) in [5.41, 5.74) is 4.09. The molecule has 50 heavy (non-hydrogen) atoms. The Bertz CT molecular complexity index is 1690. The zero-order valence-electron chi connectivity index (χ0n) is 28.2. The number of aliphatic hydroxyl groups is 2. The molecule has 0 spiro atoms. The van der Waals surface area contributed by atoms with Gasteiger partial charge in [-0.2, -0.15) is 0 Å². The first-order valence-electron chi connectivity index (χ1n) is 17.2. The fourth-order valence-corrected chi connectivity index (χ4v) is 6.04. The van der Waals surface area contributed by atoms with Gasteiger partial charge in [0.1, 0.15) is 24.4 Å². The maximum absolute atomic E-state index is 10.4. The molecule has 6 rings (SSSR count). The maximum atomic E-state index is 10.4. The molecule has 0 aliphatic carbocycles. The van der Waals surface area contributed by atoms with Gasteiger partial charge in [0.05, 0.1) is 52.4 Å². The summed E-state index contributed by atoms with van der Waals surface area (Å²) in [6, 6.07) is 44.5. The zero-order valence-corrected chi connectivity index (χ0v) is 28.2. The smallest absolute Gasteiger partial charge is 0.160 e. The van der Waals surface area contributed by atoms with Crippen LogP contribution in [0.25, 0.3) is 10.8 Å². The van der Waals surface area contributed by atoms with Crippen LogP contribution < -0.4 is 0 Å². The second kappa shape index (κ2) is 18.9. The van der Waals surface area contributed by atoms with Crippen LogP contribution in [0.15, 0.2) is 133 Å². The number of hydrogen-bond donors (Lipinski definition) is 2. The van der Waals surface area contributed by atoms with Crippen molar-refractivity contribution in [3.63, 3.8) is 0 Å². The third kappa shape index (κ3) is 10.5. The van der Waals surface area contributed by atoms with Crippen LogP contribution in [0.2, 0.25) is 0 Å². The van der Waals surface area contributed by atoms with Gasteiger partial charge in [-0.15, -0.1) is 0 Å². The third-order valence-corrected chi connectivity index (χ3v) is 8.81. The van der Waals surface area contributed by atoms with Gasteiger partial charge in [-0.1, -0.05) is 127 Å². The molecule has 1 saturated heterocycles. The second-order valence-electron chi connectivity index (χ2n) is 12.6. The Morgan fingerprint density at radius 3 is 1.70 bits per heavy atom. The lowest BCUT2D eigenvalue weighted by Gasteiger charge is -2.34. The molecule has 1 heterocycles. The summed E-state index contributed by atoms with van der Waals surface area (Å²) in [6.45, 7) is 1.41. The van der Waals surface area contributed by atoms with Crippen LogP contribution in [0.1, 0.15) is 28.7 Å². The lowest BCUT2D eigenvalue weighted by molar-refractivity contribution is -0.206. The zero-order chi connectivity index (χ0) is 34.4. The average Bonchev–Trinajstić information content (AvgIpc) is 3.54. The Morgan fingerprint density at radius 1 is 0.580 bits per heavy atom. The standard InChI is InChI=1S/C42H46O8/c43-24-38-37(44)23-41(50-38)48-30-40(47-27-32-14-6-2-7-15-32)42(49-28-33-16-8-3-9-17-33)39(46-26-31-12-4-1-5-13-31)29-45-25-34-20-21-35-18-10-11-19-36(35)22-34/h1-22,37-44H,23-30H2/t37?,38-,39?,40?,41-,42?/m1/s1. The van der Waals surface area contributed by atoms with E-state index in [4.69, 9.17) is 28.4 Å². The van der Waals surface area contributed by atoms with E-state index in [0.29, 0.717) is 26.4 Å². The molecule has 1 fully saturated rings. The van der Waals surface area contributed by atoms with Crippen molar-refractivity contribution in [2.45, 2.75) is 69.7 Å². The molecule has 8 heteroatoms. The van der Waals surface area contributed by atoms with Crippen LogP contribution in [0.3, 0.4) is 0 Å². The van der Waals surface area contributed by atoms with Crippen LogP contribution in [0, 0.1) is 0 Å². The first-order chi connectivity index (χ1) is 24.6. The van der Waals surface area contributed by atoms with Gasteiger partial charge in [-0.05, 0) is 39.1 Å². The molecule has 6 atom stereocenters. The minimum atomic E-state index is -0.815. The predicted molar refractivity (Wildman–Crippen MR) is 191 cm³/mol. The number of rotatable bonds is 19. The average molecular weight is 679 g/mol. The van der Waals surface area contributed by atoms with Crippen molar-refractivity contribution in [2.75, 3.05) is 19.8 Å². The first-order valence-corrected chi connectivity index (χ1v) is 17.2. The molecular formula is C42H46O8. The predicted octanol–water partition coefficient (Wildman–Crippen LogP) is 6.60. The van der Waals surface area contributed by atoms with E-state index in [1.54, 1.807) is 0 Å². The highest BCUT2D eigenvalue weighted by molar-refractivity contribution is 5.82. The summed E-state index contributed by atoms with van der Waals surface area (Å²) in [4.78, 5) is 0. The van der Waals surface area contributed by atoms with Gasteiger partial charge in [0.25, 0.3) is 0 Å². The van der Waals surface area contributed by atoms with Crippen LogP contribution >= 0.6 is 0 Å². The second-order valence-corrected chi connectivity index (χ2v) is 12.6. The van der Waals surface area contributed by atoms with E-state index in [2.05, 4.69) is 30.3 Å². The van der Waals surface area contributed by atoms with Gasteiger partial charge < -0.3 is 38.6 Å². The highest BCUT2D eigenvalue weighted by atomic mass is 16.7. The molecule has 5 aromatic rings. The van der Waals surface area contributed by atoms with E-state index >= 15 is 0 Å². The number of fused-ring (bicyclic) bond motifs is 1. The number of benzene rings is 5. The van der Waals surface area contributed by atoms with E-state index in [9.17, 15) is 10.2 Å². The largest absolute Gasteiger partial charge is 0.394 e. The van der Waals surface area contributed by atoms with E-state index < -0.39 is 36.8 Å². The van der Waals surface area contributed by atoms with Crippen molar-refractivity contribution in [3.05, 3.63) is 156 Å². The Labute approximate surface area is 294 Å². The molecule has 0 radical (unpaired) electrons. The van der Waals surface area contributed by atoms with E-state index in [-0.39, 0.29) is 26.2 Å². The number of ether oxygens (including phenoxy) is 6. The fourth-order valence-electron chi connectivity index (χ4n) is 6.04. The van der Waals surface area contributed by atoms with Crippen molar-refractivity contribution >= 4 is 10.8 Å². The van der Waals surface area contributed by atoms with E-state index in [1.165, 1.54) is 5.39 Å². The number of aliphatic hydroxyl groups excluding tert-OH is 2. The van der Waals surface area contributed by atoms with Gasteiger partial charge >= 0.3 is 0 Å². The highest BCUT2D eigenvalue weighted by Gasteiger charge is 2.37. The first kappa shape index (κ1) is 35.9. The Balaban J connectivity index is 1.25. The maximum Gasteiger partial charge on any atom is 0.160 e. The molecule has 1 aliphatic rings. The molecule has 262 valence electrons. The summed E-state index contributed by atoms with van der Waals surface area (Å²) in [5.74, 6) is 0. The van der Waals surface area contributed by atoms with Crippen LogP contribution in [-0.4, -0.2) is 66.8 Å². The van der Waals surface area contributed by atoms with Gasteiger partial charge in [0, 0.05) is 6.42 Å². The summed E-state index contributed by atoms with van der Waals surface area (Å²) >= 11 is 0. The van der Waals surface area contributed by atoms with Crippen LogP contribution in [0.5, 0.6) is 0 Å². The van der Waals surface area contributed by atoms with Gasteiger partial charge in [0.2, 0.25) is 0 Å². The monoisotopic (exact) mass is 678 g/mol. The molecular weight excluding hydrogens is 632 g/mol. The molecule has 4 unspecified atom stereocenters. The number of hydrogen-bond acceptors (Lipinski definition) is 8. The van der Waals surface area contributed by atoms with Crippen molar-refractivity contribution < 1.29 is 38.6 Å². The molecule has 5 aromatic carbocycles. The summed E-state index contributed by atoms with van der Waals surface area (Å²) in [6.07, 6.45) is -3.76. The Hall–Kier alpha value is -3.96. The summed E-state index contributed by atoms with van der Waals surface area (Å²) in [7, 11) is 0.